The molecule has 1 fully saturated rings. The molecule has 1 aliphatic rings. The van der Waals surface area contributed by atoms with Gasteiger partial charge in [-0.15, -0.1) is 0 Å². The number of aromatic nitrogens is 1. The maximum Gasteiger partial charge on any atom is 0.267 e. The van der Waals surface area contributed by atoms with Gasteiger partial charge in [0.15, 0.2) is 0 Å². The number of carbonyl (C=O) groups is 1. The van der Waals surface area contributed by atoms with Crippen LogP contribution in [0.1, 0.15) is 29.8 Å². The fourth-order valence-electron chi connectivity index (χ4n) is 2.02. The van der Waals surface area contributed by atoms with Crippen LogP contribution in [0.5, 0.6) is 0 Å². The Kier molecular flexibility index (Phi) is 4.41. The van der Waals surface area contributed by atoms with Gasteiger partial charge < -0.3 is 15.0 Å². The predicted octanol–water partition coefficient (Wildman–Crippen LogP) is 1.49. The largest absolute Gasteiger partial charge is 0.385 e. The molecule has 0 saturated heterocycles. The van der Waals surface area contributed by atoms with Crippen LogP contribution >= 0.6 is 10.7 Å². The first kappa shape index (κ1) is 15.3. The standard InChI is InChI=1S/C12H17ClN2O4S/c1-19-5-4-12(2-3-12)8-15-11(16)10-6-9(7-14-10)20(13,17)18/h6-7,14H,2-5,8H2,1H3,(H,15,16). The van der Waals surface area contributed by atoms with E-state index in [1.54, 1.807) is 7.11 Å². The van der Waals surface area contributed by atoms with Crippen molar-refractivity contribution in [3.05, 3.63) is 18.0 Å². The van der Waals surface area contributed by atoms with Gasteiger partial charge in [0.05, 0.1) is 0 Å². The number of hydrogen-bond acceptors (Lipinski definition) is 4. The van der Waals surface area contributed by atoms with Gasteiger partial charge >= 0.3 is 0 Å². The number of H-pyrrole nitrogens is 1. The number of halogens is 1. The number of nitrogens with one attached hydrogen (secondary N) is 2. The van der Waals surface area contributed by atoms with Gasteiger partial charge in [0.2, 0.25) is 0 Å². The van der Waals surface area contributed by atoms with Crippen LogP contribution in [0.2, 0.25) is 0 Å². The summed E-state index contributed by atoms with van der Waals surface area (Å²) in [6.45, 7) is 1.24. The molecular weight excluding hydrogens is 304 g/mol. The third-order valence-corrected chi connectivity index (χ3v) is 4.93. The highest BCUT2D eigenvalue weighted by Gasteiger charge is 2.42. The molecule has 20 heavy (non-hydrogen) atoms. The number of aromatic amines is 1. The fourth-order valence-corrected chi connectivity index (χ4v) is 2.75. The summed E-state index contributed by atoms with van der Waals surface area (Å²) in [4.78, 5) is 14.4. The van der Waals surface area contributed by atoms with Gasteiger partial charge in [-0.2, -0.15) is 0 Å². The third kappa shape index (κ3) is 3.74. The molecule has 1 aliphatic carbocycles. The minimum atomic E-state index is -3.81. The molecule has 1 saturated carbocycles. The lowest BCUT2D eigenvalue weighted by atomic mass is 10.0. The van der Waals surface area contributed by atoms with Crippen LogP contribution in [0, 0.1) is 5.41 Å². The van der Waals surface area contributed by atoms with Gasteiger partial charge in [-0.1, -0.05) is 0 Å². The average Bonchev–Trinajstić information content (AvgIpc) is 2.96. The quantitative estimate of drug-likeness (QED) is 0.745. The van der Waals surface area contributed by atoms with E-state index in [-0.39, 0.29) is 21.9 Å². The molecule has 1 amide bonds. The lowest BCUT2D eigenvalue weighted by molar-refractivity contribution is 0.0933. The zero-order chi connectivity index (χ0) is 14.8. The van der Waals surface area contributed by atoms with E-state index in [0.29, 0.717) is 13.2 Å². The Morgan fingerprint density at radius 1 is 1.55 bits per heavy atom. The minimum Gasteiger partial charge on any atom is -0.385 e. The van der Waals surface area contributed by atoms with Gasteiger partial charge in [-0.25, -0.2) is 8.42 Å². The Bertz CT molecular complexity index is 592. The van der Waals surface area contributed by atoms with Crippen molar-refractivity contribution in [1.29, 1.82) is 0 Å². The number of hydrogen-bond donors (Lipinski definition) is 2. The topological polar surface area (TPSA) is 88.3 Å². The zero-order valence-electron chi connectivity index (χ0n) is 11.1. The van der Waals surface area contributed by atoms with Gasteiger partial charge in [0.25, 0.3) is 15.0 Å². The van der Waals surface area contributed by atoms with E-state index in [0.717, 1.165) is 19.3 Å². The van der Waals surface area contributed by atoms with E-state index >= 15 is 0 Å². The van der Waals surface area contributed by atoms with Crippen LogP contribution in [0.4, 0.5) is 0 Å². The maximum atomic E-state index is 11.9. The van der Waals surface area contributed by atoms with Crippen molar-refractivity contribution < 1.29 is 17.9 Å². The monoisotopic (exact) mass is 320 g/mol. The lowest BCUT2D eigenvalue weighted by Gasteiger charge is -2.14. The molecule has 0 atom stereocenters. The van der Waals surface area contributed by atoms with Crippen molar-refractivity contribution in [2.24, 2.45) is 5.41 Å². The lowest BCUT2D eigenvalue weighted by Crippen LogP contribution is -2.31. The van der Waals surface area contributed by atoms with Crippen molar-refractivity contribution in [1.82, 2.24) is 10.3 Å². The Morgan fingerprint density at radius 3 is 2.75 bits per heavy atom. The molecule has 2 rings (SSSR count). The number of carbonyl (C=O) groups excluding carboxylic acids is 1. The first-order valence-corrected chi connectivity index (χ1v) is 8.57. The second-order valence-electron chi connectivity index (χ2n) is 5.11. The molecule has 0 unspecified atom stereocenters. The smallest absolute Gasteiger partial charge is 0.267 e. The van der Waals surface area contributed by atoms with Crippen LogP contribution < -0.4 is 5.32 Å². The summed E-state index contributed by atoms with van der Waals surface area (Å²) in [7, 11) is 3.04. The van der Waals surface area contributed by atoms with Crippen molar-refractivity contribution in [3.8, 4) is 0 Å². The molecule has 0 radical (unpaired) electrons. The highest BCUT2D eigenvalue weighted by Crippen LogP contribution is 2.48. The summed E-state index contributed by atoms with van der Waals surface area (Å²) < 4.78 is 27.3. The third-order valence-electron chi connectivity index (χ3n) is 3.60. The summed E-state index contributed by atoms with van der Waals surface area (Å²) in [6, 6.07) is 1.23. The van der Waals surface area contributed by atoms with Crippen LogP contribution in [-0.4, -0.2) is 39.6 Å². The Hall–Kier alpha value is -1.05. The number of ether oxygens (including phenoxy) is 1. The molecule has 1 aromatic rings. The number of rotatable bonds is 7. The van der Waals surface area contributed by atoms with Crippen LogP contribution in [0.25, 0.3) is 0 Å². The molecule has 8 heteroatoms. The van der Waals surface area contributed by atoms with Crippen LogP contribution in [0.15, 0.2) is 17.2 Å². The molecule has 1 aromatic heterocycles. The van der Waals surface area contributed by atoms with E-state index in [4.69, 9.17) is 15.4 Å². The summed E-state index contributed by atoms with van der Waals surface area (Å²) in [6.07, 6.45) is 4.26. The Morgan fingerprint density at radius 2 is 2.25 bits per heavy atom. The summed E-state index contributed by atoms with van der Waals surface area (Å²) >= 11 is 0. The Labute approximate surface area is 122 Å². The van der Waals surface area contributed by atoms with E-state index in [1.165, 1.54) is 12.3 Å². The molecule has 0 aromatic carbocycles. The van der Waals surface area contributed by atoms with Crippen molar-refractivity contribution in [2.45, 2.75) is 24.2 Å². The molecule has 112 valence electrons. The summed E-state index contributed by atoms with van der Waals surface area (Å²) in [5.41, 5.74) is 0.325. The molecule has 6 nitrogen and oxygen atoms in total. The van der Waals surface area contributed by atoms with Crippen molar-refractivity contribution in [2.75, 3.05) is 20.3 Å². The second kappa shape index (κ2) is 5.75. The average molecular weight is 321 g/mol. The van der Waals surface area contributed by atoms with E-state index in [9.17, 15) is 13.2 Å². The molecule has 0 spiro atoms. The SMILES string of the molecule is COCCC1(CNC(=O)c2cc(S(=O)(=O)Cl)c[nH]2)CC1. The highest BCUT2D eigenvalue weighted by molar-refractivity contribution is 8.13. The highest BCUT2D eigenvalue weighted by atomic mass is 35.7. The first-order valence-electron chi connectivity index (χ1n) is 6.27. The number of methoxy groups -OCH3 is 1. The minimum absolute atomic E-state index is 0.107. The van der Waals surface area contributed by atoms with Crippen LogP contribution in [0.3, 0.4) is 0 Å². The summed E-state index contributed by atoms with van der Waals surface area (Å²) in [5.74, 6) is -0.333. The summed E-state index contributed by atoms with van der Waals surface area (Å²) in [5, 5.41) is 2.81. The van der Waals surface area contributed by atoms with E-state index < -0.39 is 9.05 Å². The molecule has 0 aliphatic heterocycles. The van der Waals surface area contributed by atoms with E-state index in [2.05, 4.69) is 10.3 Å². The van der Waals surface area contributed by atoms with Gasteiger partial charge in [0.1, 0.15) is 10.6 Å². The fraction of sp³-hybridized carbons (Fsp3) is 0.583. The van der Waals surface area contributed by atoms with Crippen molar-refractivity contribution in [3.63, 3.8) is 0 Å². The van der Waals surface area contributed by atoms with Crippen molar-refractivity contribution >= 4 is 25.6 Å². The molecule has 1 heterocycles. The molecule has 0 bridgehead atoms. The Balaban J connectivity index is 1.91. The normalized spacial score (nSPS) is 16.9. The van der Waals surface area contributed by atoms with Crippen LogP contribution in [-0.2, 0) is 13.8 Å². The maximum absolute atomic E-state index is 11.9. The van der Waals surface area contributed by atoms with Gasteiger partial charge in [-0.3, -0.25) is 4.79 Å². The van der Waals surface area contributed by atoms with E-state index in [1.807, 2.05) is 0 Å². The van der Waals surface area contributed by atoms with Gasteiger partial charge in [0, 0.05) is 37.1 Å². The number of amides is 1. The van der Waals surface area contributed by atoms with Gasteiger partial charge in [-0.05, 0) is 30.7 Å². The predicted molar refractivity (Wildman–Crippen MR) is 74.3 cm³/mol. The first-order chi connectivity index (χ1) is 9.36. The molecular formula is C12H17ClN2O4S. The second-order valence-corrected chi connectivity index (χ2v) is 7.68. The zero-order valence-corrected chi connectivity index (χ0v) is 12.7. The molecule has 2 N–H and O–H groups in total.